The molecule has 2 rings (SSSR count). The topological polar surface area (TPSA) is 78.4 Å². The predicted molar refractivity (Wildman–Crippen MR) is 104 cm³/mol. The maximum Gasteiger partial charge on any atom is 0.387 e. The SMILES string of the molecule is CCOc1ccc(/C=N/OC(C)C(=O)Nc2ccccc2OC(F)F)cc1OC. The number of hydrogen-bond acceptors (Lipinski definition) is 6. The normalized spacial score (nSPS) is 11.9. The number of carbonyl (C=O) groups excluding carboxylic acids is 1. The van der Waals surface area contributed by atoms with Gasteiger partial charge in [-0.2, -0.15) is 8.78 Å². The summed E-state index contributed by atoms with van der Waals surface area (Å²) < 4.78 is 40.0. The van der Waals surface area contributed by atoms with Crippen molar-refractivity contribution in [1.82, 2.24) is 0 Å². The molecule has 29 heavy (non-hydrogen) atoms. The molecule has 0 spiro atoms. The van der Waals surface area contributed by atoms with Crippen molar-refractivity contribution < 1.29 is 32.6 Å². The third kappa shape index (κ3) is 6.63. The maximum absolute atomic E-state index is 12.5. The Morgan fingerprint density at radius 2 is 1.93 bits per heavy atom. The fraction of sp³-hybridized carbons (Fsp3) is 0.300. The Kier molecular flexibility index (Phi) is 8.20. The van der Waals surface area contributed by atoms with Crippen molar-refractivity contribution in [3.05, 3.63) is 48.0 Å². The molecule has 2 aromatic rings. The van der Waals surface area contributed by atoms with Crippen molar-refractivity contribution in [3.8, 4) is 17.2 Å². The van der Waals surface area contributed by atoms with Crippen LogP contribution < -0.4 is 19.5 Å². The van der Waals surface area contributed by atoms with E-state index in [1.54, 1.807) is 24.3 Å². The standard InChI is InChI=1S/C20H22F2N2O5/c1-4-27-17-10-9-14(11-18(17)26-3)12-23-29-13(2)19(25)24-15-7-5-6-8-16(15)28-20(21)22/h5-13,20H,4H2,1-3H3,(H,24,25)/b23-12+. The third-order valence-electron chi connectivity index (χ3n) is 3.64. The molecule has 0 saturated carbocycles. The van der Waals surface area contributed by atoms with Gasteiger partial charge < -0.3 is 24.4 Å². The monoisotopic (exact) mass is 408 g/mol. The van der Waals surface area contributed by atoms with Crippen LogP contribution in [-0.4, -0.2) is 38.6 Å². The Hall–Kier alpha value is -3.36. The minimum Gasteiger partial charge on any atom is -0.493 e. The lowest BCUT2D eigenvalue weighted by molar-refractivity contribution is -0.126. The van der Waals surface area contributed by atoms with Gasteiger partial charge in [-0.25, -0.2) is 0 Å². The number of methoxy groups -OCH3 is 1. The second kappa shape index (κ2) is 10.8. The van der Waals surface area contributed by atoms with E-state index in [0.29, 0.717) is 23.7 Å². The number of anilines is 1. The highest BCUT2D eigenvalue weighted by Crippen LogP contribution is 2.28. The molecule has 1 amide bonds. The highest BCUT2D eigenvalue weighted by molar-refractivity contribution is 5.95. The smallest absolute Gasteiger partial charge is 0.387 e. The Balaban J connectivity index is 1.97. The molecule has 2 aromatic carbocycles. The summed E-state index contributed by atoms with van der Waals surface area (Å²) in [6.07, 6.45) is 0.436. The van der Waals surface area contributed by atoms with Gasteiger partial charge in [0.2, 0.25) is 6.10 Å². The van der Waals surface area contributed by atoms with Crippen LogP contribution in [0.3, 0.4) is 0 Å². The number of halogens is 2. The fourth-order valence-electron chi connectivity index (χ4n) is 2.27. The van der Waals surface area contributed by atoms with Gasteiger partial charge in [-0.3, -0.25) is 4.79 Å². The van der Waals surface area contributed by atoms with E-state index in [1.165, 1.54) is 38.4 Å². The number of alkyl halides is 2. The van der Waals surface area contributed by atoms with Gasteiger partial charge in [0, 0.05) is 5.56 Å². The number of benzene rings is 2. The maximum atomic E-state index is 12.5. The van der Waals surface area contributed by atoms with E-state index in [2.05, 4.69) is 15.2 Å². The van der Waals surface area contributed by atoms with Gasteiger partial charge in [-0.05, 0) is 44.2 Å². The van der Waals surface area contributed by atoms with Gasteiger partial charge >= 0.3 is 6.61 Å². The summed E-state index contributed by atoms with van der Waals surface area (Å²) in [5, 5.41) is 6.26. The molecule has 0 bridgehead atoms. The van der Waals surface area contributed by atoms with E-state index in [0.717, 1.165) is 0 Å². The Morgan fingerprint density at radius 3 is 2.62 bits per heavy atom. The molecular weight excluding hydrogens is 386 g/mol. The van der Waals surface area contributed by atoms with Crippen LogP contribution in [0.5, 0.6) is 17.2 Å². The Labute approximate surface area is 167 Å². The summed E-state index contributed by atoms with van der Waals surface area (Å²) in [5.74, 6) is 0.424. The molecule has 156 valence electrons. The minimum atomic E-state index is -3.00. The molecule has 1 N–H and O–H groups in total. The van der Waals surface area contributed by atoms with Gasteiger partial charge in [0.1, 0.15) is 5.75 Å². The number of nitrogens with one attached hydrogen (secondary N) is 1. The molecule has 9 heteroatoms. The lowest BCUT2D eigenvalue weighted by Gasteiger charge is -2.14. The Morgan fingerprint density at radius 1 is 1.17 bits per heavy atom. The van der Waals surface area contributed by atoms with E-state index in [4.69, 9.17) is 14.3 Å². The lowest BCUT2D eigenvalue weighted by atomic mass is 10.2. The molecule has 0 aliphatic carbocycles. The molecule has 0 fully saturated rings. The van der Waals surface area contributed by atoms with E-state index < -0.39 is 18.6 Å². The molecule has 0 saturated heterocycles. The quantitative estimate of drug-likeness (QED) is 0.474. The van der Waals surface area contributed by atoms with Gasteiger partial charge in [0.05, 0.1) is 25.6 Å². The molecule has 0 aliphatic rings. The zero-order chi connectivity index (χ0) is 21.2. The van der Waals surface area contributed by atoms with Crippen LogP contribution in [0.1, 0.15) is 19.4 Å². The Bertz CT molecular complexity index is 845. The van der Waals surface area contributed by atoms with Crippen molar-refractivity contribution in [2.45, 2.75) is 26.6 Å². The van der Waals surface area contributed by atoms with Crippen LogP contribution in [0.25, 0.3) is 0 Å². The lowest BCUT2D eigenvalue weighted by Crippen LogP contribution is -2.26. The highest BCUT2D eigenvalue weighted by atomic mass is 19.3. The van der Waals surface area contributed by atoms with Crippen molar-refractivity contribution in [2.24, 2.45) is 5.16 Å². The van der Waals surface area contributed by atoms with E-state index in [-0.39, 0.29) is 11.4 Å². The van der Waals surface area contributed by atoms with E-state index in [1.807, 2.05) is 6.92 Å². The summed E-state index contributed by atoms with van der Waals surface area (Å²) in [6.45, 7) is 0.845. The molecule has 0 radical (unpaired) electrons. The fourth-order valence-corrected chi connectivity index (χ4v) is 2.27. The molecule has 1 atom stereocenters. The van der Waals surface area contributed by atoms with Crippen molar-refractivity contribution in [1.29, 1.82) is 0 Å². The van der Waals surface area contributed by atoms with Crippen LogP contribution in [0.15, 0.2) is 47.6 Å². The molecule has 0 aliphatic heterocycles. The van der Waals surface area contributed by atoms with Crippen molar-refractivity contribution >= 4 is 17.8 Å². The predicted octanol–water partition coefficient (Wildman–Crippen LogP) is 4.07. The van der Waals surface area contributed by atoms with Crippen LogP contribution >= 0.6 is 0 Å². The molecule has 1 unspecified atom stereocenters. The molecule has 0 aromatic heterocycles. The first-order valence-corrected chi connectivity index (χ1v) is 8.79. The first-order chi connectivity index (χ1) is 13.9. The number of carbonyl (C=O) groups is 1. The van der Waals surface area contributed by atoms with Crippen molar-refractivity contribution in [3.63, 3.8) is 0 Å². The average Bonchev–Trinajstić information content (AvgIpc) is 2.70. The number of amides is 1. The van der Waals surface area contributed by atoms with Crippen LogP contribution in [0.2, 0.25) is 0 Å². The van der Waals surface area contributed by atoms with Crippen molar-refractivity contribution in [2.75, 3.05) is 19.0 Å². The zero-order valence-electron chi connectivity index (χ0n) is 16.2. The number of rotatable bonds is 10. The zero-order valence-corrected chi connectivity index (χ0v) is 16.2. The molecular formula is C20H22F2N2O5. The number of ether oxygens (including phenoxy) is 3. The molecule has 7 nitrogen and oxygen atoms in total. The largest absolute Gasteiger partial charge is 0.493 e. The number of oxime groups is 1. The number of para-hydroxylation sites is 2. The third-order valence-corrected chi connectivity index (χ3v) is 3.64. The van der Waals surface area contributed by atoms with Gasteiger partial charge in [-0.1, -0.05) is 17.3 Å². The highest BCUT2D eigenvalue weighted by Gasteiger charge is 2.17. The number of nitrogens with zero attached hydrogens (tertiary/aromatic N) is 1. The first kappa shape index (κ1) is 21.9. The summed E-state index contributed by atoms with van der Waals surface area (Å²) in [5.41, 5.74) is 0.780. The summed E-state index contributed by atoms with van der Waals surface area (Å²) in [7, 11) is 1.53. The second-order valence-electron chi connectivity index (χ2n) is 5.69. The minimum absolute atomic E-state index is 0.105. The number of hydrogen-bond donors (Lipinski definition) is 1. The summed E-state index contributed by atoms with van der Waals surface area (Å²) >= 11 is 0. The van der Waals surface area contributed by atoms with Crippen LogP contribution in [0.4, 0.5) is 14.5 Å². The second-order valence-corrected chi connectivity index (χ2v) is 5.69. The average molecular weight is 408 g/mol. The van der Waals surface area contributed by atoms with Gasteiger partial charge in [0.15, 0.2) is 11.5 Å². The van der Waals surface area contributed by atoms with Gasteiger partial charge in [0.25, 0.3) is 5.91 Å². The van der Waals surface area contributed by atoms with E-state index in [9.17, 15) is 13.6 Å². The summed E-state index contributed by atoms with van der Waals surface area (Å²) in [4.78, 5) is 17.4. The van der Waals surface area contributed by atoms with Crippen LogP contribution in [-0.2, 0) is 9.63 Å². The molecule has 0 heterocycles. The van der Waals surface area contributed by atoms with E-state index >= 15 is 0 Å². The first-order valence-electron chi connectivity index (χ1n) is 8.79. The summed E-state index contributed by atoms with van der Waals surface area (Å²) in [6, 6.07) is 11.1. The van der Waals surface area contributed by atoms with Crippen LogP contribution in [0, 0.1) is 0 Å². The van der Waals surface area contributed by atoms with Gasteiger partial charge in [-0.15, -0.1) is 0 Å².